The van der Waals surface area contributed by atoms with Gasteiger partial charge in [-0.05, 0) is 19.9 Å². The molecule has 1 atom stereocenters. The Morgan fingerprint density at radius 2 is 1.91 bits per heavy atom. The Balaban J connectivity index is 1.91. The van der Waals surface area contributed by atoms with Crippen LogP contribution in [0.2, 0.25) is 0 Å². The van der Waals surface area contributed by atoms with Crippen molar-refractivity contribution in [3.63, 3.8) is 0 Å². The van der Waals surface area contributed by atoms with Crippen molar-refractivity contribution in [1.29, 1.82) is 0 Å². The van der Waals surface area contributed by atoms with Crippen molar-refractivity contribution in [1.82, 2.24) is 15.1 Å². The molecular formula is C17H31N3O3. The summed E-state index contributed by atoms with van der Waals surface area (Å²) in [6.07, 6.45) is 3.45. The largest absolute Gasteiger partial charge is 0.441 e. The summed E-state index contributed by atoms with van der Waals surface area (Å²) in [4.78, 5) is 28.2. The minimum absolute atomic E-state index is 0.126. The Bertz CT molecular complexity index is 429. The fraction of sp³-hybridized carbons (Fsp3) is 0.882. The highest BCUT2D eigenvalue weighted by Gasteiger charge is 2.47. The van der Waals surface area contributed by atoms with E-state index in [2.05, 4.69) is 19.2 Å². The third-order valence-corrected chi connectivity index (χ3v) is 5.46. The summed E-state index contributed by atoms with van der Waals surface area (Å²) in [5.41, 5.74) is -0.386. The number of nitrogens with zero attached hydrogens (tertiary/aromatic N) is 2. The van der Waals surface area contributed by atoms with Crippen LogP contribution in [-0.2, 0) is 9.53 Å². The normalized spacial score (nSPS) is 21.9. The van der Waals surface area contributed by atoms with Gasteiger partial charge < -0.3 is 19.9 Å². The zero-order chi connectivity index (χ0) is 17.0. The number of likely N-dealkylation sites (N-methyl/N-ethyl adjacent to an activating group) is 1. The van der Waals surface area contributed by atoms with Gasteiger partial charge in [-0.3, -0.25) is 4.79 Å². The number of hydrogen-bond donors (Lipinski definition) is 1. The number of carbonyl (C=O) groups excluding carboxylic acids is 2. The van der Waals surface area contributed by atoms with Crippen molar-refractivity contribution >= 4 is 12.0 Å². The molecule has 1 spiro atoms. The van der Waals surface area contributed by atoms with Crippen molar-refractivity contribution in [3.05, 3.63) is 0 Å². The van der Waals surface area contributed by atoms with Gasteiger partial charge in [0.1, 0.15) is 5.60 Å². The summed E-state index contributed by atoms with van der Waals surface area (Å²) in [5, 5.41) is 2.99. The zero-order valence-electron chi connectivity index (χ0n) is 14.9. The highest BCUT2D eigenvalue weighted by Crippen LogP contribution is 2.34. The Hall–Kier alpha value is -1.30. The monoisotopic (exact) mass is 325 g/mol. The van der Waals surface area contributed by atoms with E-state index in [0.717, 1.165) is 32.2 Å². The van der Waals surface area contributed by atoms with Crippen LogP contribution >= 0.6 is 0 Å². The molecule has 0 bridgehead atoms. The van der Waals surface area contributed by atoms with Crippen LogP contribution in [0.1, 0.15) is 46.5 Å². The Morgan fingerprint density at radius 1 is 1.30 bits per heavy atom. The average Bonchev–Trinajstić information content (AvgIpc) is 2.87. The molecule has 0 radical (unpaired) electrons. The van der Waals surface area contributed by atoms with Gasteiger partial charge in [-0.2, -0.15) is 0 Å². The zero-order valence-corrected chi connectivity index (χ0v) is 14.9. The molecule has 1 N–H and O–H groups in total. The third kappa shape index (κ3) is 3.97. The van der Waals surface area contributed by atoms with E-state index in [-0.39, 0.29) is 23.6 Å². The molecule has 2 aliphatic heterocycles. The lowest BCUT2D eigenvalue weighted by molar-refractivity contribution is -0.136. The lowest BCUT2D eigenvalue weighted by Gasteiger charge is -2.38. The Labute approximate surface area is 139 Å². The summed E-state index contributed by atoms with van der Waals surface area (Å²) < 4.78 is 5.74. The molecule has 0 aromatic rings. The van der Waals surface area contributed by atoms with E-state index in [9.17, 15) is 9.59 Å². The van der Waals surface area contributed by atoms with Gasteiger partial charge in [0.25, 0.3) is 0 Å². The highest BCUT2D eigenvalue weighted by atomic mass is 16.6. The molecule has 0 aliphatic carbocycles. The van der Waals surface area contributed by atoms with Crippen molar-refractivity contribution in [2.75, 3.05) is 33.2 Å². The SMILES string of the molecule is CCC(CC)CN1CC2(CCN(C(=O)[C@H](C)NC)CC2)OC1=O. The second-order valence-corrected chi connectivity index (χ2v) is 6.95. The predicted octanol–water partition coefficient (Wildman–Crippen LogP) is 1.84. The van der Waals surface area contributed by atoms with E-state index < -0.39 is 0 Å². The van der Waals surface area contributed by atoms with Gasteiger partial charge in [0.2, 0.25) is 5.91 Å². The van der Waals surface area contributed by atoms with Gasteiger partial charge in [-0.25, -0.2) is 4.79 Å². The van der Waals surface area contributed by atoms with E-state index in [0.29, 0.717) is 25.6 Å². The van der Waals surface area contributed by atoms with Crippen LogP contribution in [0.4, 0.5) is 4.79 Å². The molecule has 0 saturated carbocycles. The van der Waals surface area contributed by atoms with Gasteiger partial charge in [-0.15, -0.1) is 0 Å². The van der Waals surface area contributed by atoms with E-state index in [1.165, 1.54) is 0 Å². The lowest BCUT2D eigenvalue weighted by atomic mass is 9.90. The molecule has 0 aromatic carbocycles. The van der Waals surface area contributed by atoms with Crippen molar-refractivity contribution in [3.8, 4) is 0 Å². The first-order valence-corrected chi connectivity index (χ1v) is 8.88. The predicted molar refractivity (Wildman–Crippen MR) is 89.2 cm³/mol. The molecule has 23 heavy (non-hydrogen) atoms. The smallest absolute Gasteiger partial charge is 0.410 e. The molecule has 2 amide bonds. The number of ether oxygens (including phenoxy) is 1. The number of likely N-dealkylation sites (tertiary alicyclic amines) is 1. The van der Waals surface area contributed by atoms with E-state index in [1.54, 1.807) is 7.05 Å². The first-order chi connectivity index (χ1) is 10.9. The van der Waals surface area contributed by atoms with Crippen LogP contribution in [0.25, 0.3) is 0 Å². The quantitative estimate of drug-likeness (QED) is 0.809. The van der Waals surface area contributed by atoms with Crippen LogP contribution in [0, 0.1) is 5.92 Å². The maximum Gasteiger partial charge on any atom is 0.410 e. The summed E-state index contributed by atoms with van der Waals surface area (Å²) >= 11 is 0. The summed E-state index contributed by atoms with van der Waals surface area (Å²) in [6.45, 7) is 8.99. The van der Waals surface area contributed by atoms with Gasteiger partial charge in [0.05, 0.1) is 12.6 Å². The van der Waals surface area contributed by atoms with Crippen LogP contribution in [0.15, 0.2) is 0 Å². The lowest BCUT2D eigenvalue weighted by Crippen LogP contribution is -2.52. The molecule has 6 heteroatoms. The second kappa shape index (κ2) is 7.51. The van der Waals surface area contributed by atoms with Crippen LogP contribution in [0.5, 0.6) is 0 Å². The van der Waals surface area contributed by atoms with Crippen LogP contribution in [-0.4, -0.2) is 66.7 Å². The standard InChI is InChI=1S/C17H31N3O3/c1-5-14(6-2)11-20-12-17(23-16(20)22)7-9-19(10-8-17)15(21)13(3)18-4/h13-14,18H,5-12H2,1-4H3/t13-/m0/s1. The third-order valence-electron chi connectivity index (χ3n) is 5.46. The number of rotatable bonds is 6. The fourth-order valence-electron chi connectivity index (χ4n) is 3.48. The number of piperidine rings is 1. The first-order valence-electron chi connectivity index (χ1n) is 8.88. The number of nitrogens with one attached hydrogen (secondary N) is 1. The second-order valence-electron chi connectivity index (χ2n) is 6.95. The number of hydrogen-bond acceptors (Lipinski definition) is 4. The minimum atomic E-state index is -0.386. The topological polar surface area (TPSA) is 61.9 Å². The van der Waals surface area contributed by atoms with Gasteiger partial charge in [0, 0.05) is 32.5 Å². The van der Waals surface area contributed by atoms with Crippen molar-refractivity contribution in [2.45, 2.75) is 58.1 Å². The highest BCUT2D eigenvalue weighted by molar-refractivity contribution is 5.81. The summed E-state index contributed by atoms with van der Waals surface area (Å²) in [5.74, 6) is 0.663. The molecule has 2 rings (SSSR count). The molecule has 132 valence electrons. The Kier molecular flexibility index (Phi) is 5.89. The van der Waals surface area contributed by atoms with Crippen LogP contribution in [0.3, 0.4) is 0 Å². The van der Waals surface area contributed by atoms with E-state index in [1.807, 2.05) is 16.7 Å². The van der Waals surface area contributed by atoms with Gasteiger partial charge in [0.15, 0.2) is 0 Å². The first kappa shape index (κ1) is 18.0. The summed E-state index contributed by atoms with van der Waals surface area (Å²) in [6, 6.07) is -0.165. The molecular weight excluding hydrogens is 294 g/mol. The fourth-order valence-corrected chi connectivity index (χ4v) is 3.48. The molecule has 6 nitrogen and oxygen atoms in total. The minimum Gasteiger partial charge on any atom is -0.441 e. The Morgan fingerprint density at radius 3 is 2.43 bits per heavy atom. The van der Waals surface area contributed by atoms with Gasteiger partial charge in [-0.1, -0.05) is 26.7 Å². The molecule has 2 aliphatic rings. The summed E-state index contributed by atoms with van der Waals surface area (Å²) in [7, 11) is 1.79. The van der Waals surface area contributed by atoms with Crippen LogP contribution < -0.4 is 5.32 Å². The maximum absolute atomic E-state index is 12.2. The number of amides is 2. The van der Waals surface area contributed by atoms with E-state index >= 15 is 0 Å². The maximum atomic E-state index is 12.2. The molecule has 2 heterocycles. The molecule has 2 fully saturated rings. The van der Waals surface area contributed by atoms with Crippen molar-refractivity contribution in [2.24, 2.45) is 5.92 Å². The van der Waals surface area contributed by atoms with Gasteiger partial charge >= 0.3 is 6.09 Å². The average molecular weight is 325 g/mol. The molecule has 0 aromatic heterocycles. The van der Waals surface area contributed by atoms with E-state index in [4.69, 9.17) is 4.74 Å². The molecule has 2 saturated heterocycles. The molecule has 0 unspecified atom stereocenters. The number of carbonyl (C=O) groups is 2. The van der Waals surface area contributed by atoms with Crippen molar-refractivity contribution < 1.29 is 14.3 Å².